The van der Waals surface area contributed by atoms with Gasteiger partial charge in [0, 0.05) is 32.7 Å². The average molecular weight is 529 g/mol. The highest BCUT2D eigenvalue weighted by molar-refractivity contribution is 7.89. The van der Waals surface area contributed by atoms with Crippen molar-refractivity contribution in [3.8, 4) is 11.5 Å². The molecule has 0 unspecified atom stereocenters. The van der Waals surface area contributed by atoms with Crippen LogP contribution in [-0.2, 0) is 19.6 Å². The highest BCUT2D eigenvalue weighted by Crippen LogP contribution is 2.32. The topological polar surface area (TPSA) is 122 Å². The number of piperazine rings is 1. The van der Waals surface area contributed by atoms with Gasteiger partial charge < -0.3 is 25.0 Å². The molecule has 2 N–H and O–H groups in total. The quantitative estimate of drug-likeness (QED) is 0.628. The van der Waals surface area contributed by atoms with Crippen molar-refractivity contribution in [3.63, 3.8) is 0 Å². The maximum Gasteiger partial charge on any atom is 0.320 e. The molecule has 2 fully saturated rings. The molecule has 36 heavy (non-hydrogen) atoms. The normalized spacial score (nSPS) is 19.2. The van der Waals surface area contributed by atoms with Crippen molar-refractivity contribution < 1.29 is 40.7 Å². The molecule has 14 heteroatoms. The van der Waals surface area contributed by atoms with Gasteiger partial charge in [0.1, 0.15) is 17.6 Å². The molecule has 194 valence electrons. The average Bonchev–Trinajstić information content (AvgIpc) is 2.86. The Morgan fingerprint density at radius 1 is 0.944 bits per heavy atom. The molecule has 0 radical (unpaired) electrons. The first-order valence-corrected chi connectivity index (χ1v) is 12.4. The molecule has 0 spiro atoms. The Bertz CT molecular complexity index is 1230. The predicted octanol–water partition coefficient (Wildman–Crippen LogP) is 1.51. The molecular formula is C22H23F3N4O6S. The van der Waals surface area contributed by atoms with Crippen LogP contribution >= 0.6 is 0 Å². The van der Waals surface area contributed by atoms with Crippen molar-refractivity contribution >= 4 is 22.0 Å². The van der Waals surface area contributed by atoms with Gasteiger partial charge in [0.25, 0.3) is 0 Å². The first-order valence-electron chi connectivity index (χ1n) is 10.9. The number of urea groups is 1. The molecule has 2 aliphatic rings. The maximum absolute atomic E-state index is 14.7. The lowest BCUT2D eigenvalue weighted by Crippen LogP contribution is -2.62. The third-order valence-corrected chi connectivity index (χ3v) is 7.71. The summed E-state index contributed by atoms with van der Waals surface area (Å²) in [5.41, 5.74) is 5.44. The standard InChI is InChI=1S/C22H23F3N4O6S/c23-14-1-3-15(4-2-14)35-20-17(24)11-16(12-18(20)25)36(32,33)29-6-5-28(13-19(29)21(26)30)22(31)27-7-9-34-10-8-27/h1-4,11-12,19H,5-10,13H2,(H2,26,30)/t19-/m1/s1. The lowest BCUT2D eigenvalue weighted by Gasteiger charge is -2.41. The molecule has 2 aromatic rings. The van der Waals surface area contributed by atoms with E-state index in [0.29, 0.717) is 38.4 Å². The Labute approximate surface area is 205 Å². The molecule has 2 aromatic carbocycles. The Kier molecular flexibility index (Phi) is 7.38. The molecule has 0 bridgehead atoms. The monoisotopic (exact) mass is 528 g/mol. The fourth-order valence-electron chi connectivity index (χ4n) is 3.95. The third-order valence-electron chi connectivity index (χ3n) is 5.82. The molecule has 1 atom stereocenters. The first kappa shape index (κ1) is 25.7. The number of carbonyl (C=O) groups excluding carboxylic acids is 2. The van der Waals surface area contributed by atoms with Gasteiger partial charge in [0.05, 0.1) is 18.1 Å². The summed E-state index contributed by atoms with van der Waals surface area (Å²) in [5, 5.41) is 0. The lowest BCUT2D eigenvalue weighted by molar-refractivity contribution is -0.123. The maximum atomic E-state index is 14.7. The van der Waals surface area contributed by atoms with E-state index in [2.05, 4.69) is 0 Å². The predicted molar refractivity (Wildman–Crippen MR) is 119 cm³/mol. The zero-order valence-electron chi connectivity index (χ0n) is 18.9. The van der Waals surface area contributed by atoms with Gasteiger partial charge in [-0.3, -0.25) is 4.79 Å². The van der Waals surface area contributed by atoms with Gasteiger partial charge in [0.15, 0.2) is 17.4 Å². The van der Waals surface area contributed by atoms with Crippen LogP contribution in [0.25, 0.3) is 0 Å². The van der Waals surface area contributed by atoms with Crippen molar-refractivity contribution in [3.05, 3.63) is 53.8 Å². The fourth-order valence-corrected chi connectivity index (χ4v) is 5.56. The minimum Gasteiger partial charge on any atom is -0.451 e. The number of primary amides is 1. The zero-order valence-corrected chi connectivity index (χ0v) is 19.7. The first-order chi connectivity index (χ1) is 17.1. The van der Waals surface area contributed by atoms with Crippen molar-refractivity contribution in [1.82, 2.24) is 14.1 Å². The Morgan fingerprint density at radius 2 is 1.56 bits per heavy atom. The van der Waals surface area contributed by atoms with Crippen molar-refractivity contribution in [1.29, 1.82) is 0 Å². The van der Waals surface area contributed by atoms with Crippen LogP contribution in [0, 0.1) is 17.5 Å². The van der Waals surface area contributed by atoms with E-state index in [9.17, 15) is 31.2 Å². The van der Waals surface area contributed by atoms with Crippen molar-refractivity contribution in [2.24, 2.45) is 5.73 Å². The van der Waals surface area contributed by atoms with Crippen LogP contribution in [0.4, 0.5) is 18.0 Å². The van der Waals surface area contributed by atoms with E-state index in [1.807, 2.05) is 0 Å². The smallest absolute Gasteiger partial charge is 0.320 e. The summed E-state index contributed by atoms with van der Waals surface area (Å²) in [5.74, 6) is -5.20. The van der Waals surface area contributed by atoms with Gasteiger partial charge in [0.2, 0.25) is 15.9 Å². The number of morpholine rings is 1. The molecule has 2 heterocycles. The SMILES string of the molecule is NC(=O)[C@H]1CN(C(=O)N2CCOCC2)CCN1S(=O)(=O)c1cc(F)c(Oc2ccc(F)cc2)c(F)c1. The second kappa shape index (κ2) is 10.3. The van der Waals surface area contributed by atoms with Crippen molar-refractivity contribution in [2.45, 2.75) is 10.9 Å². The number of sulfonamides is 1. The number of amides is 3. The molecule has 2 aliphatic heterocycles. The van der Waals surface area contributed by atoms with E-state index in [4.69, 9.17) is 15.2 Å². The third kappa shape index (κ3) is 5.24. The van der Waals surface area contributed by atoms with Gasteiger partial charge in [-0.2, -0.15) is 4.31 Å². The molecule has 2 saturated heterocycles. The van der Waals surface area contributed by atoms with Gasteiger partial charge in [-0.1, -0.05) is 0 Å². The Hall–Kier alpha value is -3.36. The van der Waals surface area contributed by atoms with Crippen molar-refractivity contribution in [2.75, 3.05) is 45.9 Å². The Balaban J connectivity index is 1.56. The largest absolute Gasteiger partial charge is 0.451 e. The Morgan fingerprint density at radius 3 is 2.14 bits per heavy atom. The number of rotatable bonds is 5. The zero-order chi connectivity index (χ0) is 26.0. The second-order valence-corrected chi connectivity index (χ2v) is 10.0. The number of carbonyl (C=O) groups is 2. The van der Waals surface area contributed by atoms with E-state index in [0.717, 1.165) is 28.6 Å². The highest BCUT2D eigenvalue weighted by atomic mass is 32.2. The fraction of sp³-hybridized carbons (Fsp3) is 0.364. The van der Waals surface area contributed by atoms with Crippen LogP contribution in [0.1, 0.15) is 0 Å². The summed E-state index contributed by atoms with van der Waals surface area (Å²) >= 11 is 0. The molecule has 3 amide bonds. The summed E-state index contributed by atoms with van der Waals surface area (Å²) in [7, 11) is -4.59. The number of ether oxygens (including phenoxy) is 2. The van der Waals surface area contributed by atoms with Crippen LogP contribution in [0.3, 0.4) is 0 Å². The molecule has 0 aromatic heterocycles. The summed E-state index contributed by atoms with van der Waals surface area (Å²) < 4.78 is 80.1. The molecule has 0 saturated carbocycles. The van der Waals surface area contributed by atoms with Gasteiger partial charge in [-0.05, 0) is 36.4 Å². The lowest BCUT2D eigenvalue weighted by atomic mass is 10.2. The van der Waals surface area contributed by atoms with E-state index in [-0.39, 0.29) is 31.4 Å². The number of benzene rings is 2. The van der Waals surface area contributed by atoms with E-state index < -0.39 is 50.1 Å². The van der Waals surface area contributed by atoms with Crippen LogP contribution in [0.15, 0.2) is 41.3 Å². The molecule has 0 aliphatic carbocycles. The van der Waals surface area contributed by atoms with Gasteiger partial charge in [-0.15, -0.1) is 0 Å². The molecule has 10 nitrogen and oxygen atoms in total. The minimum absolute atomic E-state index is 0.0596. The van der Waals surface area contributed by atoms with E-state index in [1.54, 1.807) is 0 Å². The van der Waals surface area contributed by atoms with Gasteiger partial charge in [-0.25, -0.2) is 26.4 Å². The molecule has 4 rings (SSSR count). The summed E-state index contributed by atoms with van der Waals surface area (Å²) in [6, 6.07) is 3.62. The van der Waals surface area contributed by atoms with Crippen LogP contribution in [0.2, 0.25) is 0 Å². The van der Waals surface area contributed by atoms with Crippen LogP contribution in [-0.4, -0.2) is 86.4 Å². The van der Waals surface area contributed by atoms with E-state index in [1.165, 1.54) is 9.80 Å². The summed E-state index contributed by atoms with van der Waals surface area (Å²) in [6.45, 7) is 0.724. The number of hydrogen-bond donors (Lipinski definition) is 1. The number of nitrogens with two attached hydrogens (primary N) is 1. The summed E-state index contributed by atoms with van der Waals surface area (Å²) in [6.07, 6.45) is 0. The second-order valence-electron chi connectivity index (χ2n) is 8.13. The van der Waals surface area contributed by atoms with E-state index >= 15 is 0 Å². The molecular weight excluding hydrogens is 505 g/mol. The van der Waals surface area contributed by atoms with Gasteiger partial charge >= 0.3 is 6.03 Å². The number of hydrogen-bond acceptors (Lipinski definition) is 6. The summed E-state index contributed by atoms with van der Waals surface area (Å²) in [4.78, 5) is 27.0. The minimum atomic E-state index is -4.59. The highest BCUT2D eigenvalue weighted by Gasteiger charge is 2.42. The van der Waals surface area contributed by atoms with Crippen LogP contribution < -0.4 is 10.5 Å². The number of nitrogens with zero attached hydrogens (tertiary/aromatic N) is 3. The van der Waals surface area contributed by atoms with Crippen LogP contribution in [0.5, 0.6) is 11.5 Å². The number of halogens is 3.